The third-order valence-corrected chi connectivity index (χ3v) is 2.83. The molecule has 0 aliphatic rings. The van der Waals surface area contributed by atoms with E-state index in [1.54, 1.807) is 0 Å². The van der Waals surface area contributed by atoms with Crippen molar-refractivity contribution in [3.8, 4) is 11.5 Å². The lowest BCUT2D eigenvalue weighted by molar-refractivity contribution is -0.402. The molecule has 2 rings (SSSR count). The Balaban J connectivity index is 1.94. The molecule has 124 valence electrons. The van der Waals surface area contributed by atoms with Gasteiger partial charge in [-0.3, -0.25) is 14.9 Å². The molecule has 24 heavy (non-hydrogen) atoms. The standard InChI is InChI=1S/C15H13N3O6/c1-23-11-4-6-13(19)12(9-11)15(20)17-16-8-2-3-10-5-7-14(24-10)18(21)22/h2-9,19H,1H3,(H,17,20). The molecule has 0 atom stereocenters. The summed E-state index contributed by atoms with van der Waals surface area (Å²) >= 11 is 0. The molecule has 0 aliphatic heterocycles. The van der Waals surface area contributed by atoms with Crippen LogP contribution < -0.4 is 10.2 Å². The van der Waals surface area contributed by atoms with Gasteiger partial charge < -0.3 is 14.3 Å². The van der Waals surface area contributed by atoms with E-state index in [0.717, 1.165) is 0 Å². The van der Waals surface area contributed by atoms with Crippen molar-refractivity contribution in [3.05, 3.63) is 57.8 Å². The van der Waals surface area contributed by atoms with Gasteiger partial charge in [-0.15, -0.1) is 0 Å². The Kier molecular flexibility index (Phi) is 5.29. The molecule has 9 nitrogen and oxygen atoms in total. The molecule has 9 heteroatoms. The van der Waals surface area contributed by atoms with Crippen molar-refractivity contribution >= 4 is 24.1 Å². The molecule has 0 unspecified atom stereocenters. The fraction of sp³-hybridized carbons (Fsp3) is 0.0667. The number of phenols is 1. The van der Waals surface area contributed by atoms with Crippen LogP contribution in [0.25, 0.3) is 6.08 Å². The van der Waals surface area contributed by atoms with Crippen LogP contribution in [0.3, 0.4) is 0 Å². The van der Waals surface area contributed by atoms with Crippen molar-refractivity contribution in [2.24, 2.45) is 5.10 Å². The molecule has 0 spiro atoms. The van der Waals surface area contributed by atoms with E-state index in [9.17, 15) is 20.0 Å². The summed E-state index contributed by atoms with van der Waals surface area (Å²) in [4.78, 5) is 21.7. The van der Waals surface area contributed by atoms with Crippen LogP contribution in [0.1, 0.15) is 16.1 Å². The Bertz CT molecular complexity index is 809. The summed E-state index contributed by atoms with van der Waals surface area (Å²) in [5, 5.41) is 23.8. The second-order valence-electron chi connectivity index (χ2n) is 4.39. The zero-order chi connectivity index (χ0) is 17.5. The van der Waals surface area contributed by atoms with Crippen LogP contribution in [-0.2, 0) is 0 Å². The average Bonchev–Trinajstić information content (AvgIpc) is 3.04. The summed E-state index contributed by atoms with van der Waals surface area (Å²) < 4.78 is 9.87. The quantitative estimate of drug-likeness (QED) is 0.475. The van der Waals surface area contributed by atoms with Crippen molar-refractivity contribution in [2.45, 2.75) is 0 Å². The Hall–Kier alpha value is -3.62. The van der Waals surface area contributed by atoms with Crippen LogP contribution in [0.4, 0.5) is 5.88 Å². The molecule has 1 amide bonds. The molecule has 0 radical (unpaired) electrons. The summed E-state index contributed by atoms with van der Waals surface area (Å²) in [7, 11) is 1.44. The summed E-state index contributed by atoms with van der Waals surface area (Å²) in [6, 6.07) is 6.87. The highest BCUT2D eigenvalue weighted by Gasteiger charge is 2.11. The molecule has 1 aromatic carbocycles. The van der Waals surface area contributed by atoms with E-state index >= 15 is 0 Å². The number of carbonyl (C=O) groups excluding carboxylic acids is 1. The first-order valence-electron chi connectivity index (χ1n) is 6.62. The average molecular weight is 331 g/mol. The second kappa shape index (κ2) is 7.58. The van der Waals surface area contributed by atoms with Crippen LogP contribution in [0.15, 0.2) is 45.9 Å². The zero-order valence-corrected chi connectivity index (χ0v) is 12.5. The smallest absolute Gasteiger partial charge is 0.433 e. The summed E-state index contributed by atoms with van der Waals surface area (Å²) in [6.07, 6.45) is 4.11. The first kappa shape index (κ1) is 16.7. The number of carbonyl (C=O) groups is 1. The van der Waals surface area contributed by atoms with Gasteiger partial charge in [-0.05, 0) is 36.4 Å². The minimum Gasteiger partial charge on any atom is -0.507 e. The number of methoxy groups -OCH3 is 1. The van der Waals surface area contributed by atoms with Crippen molar-refractivity contribution in [1.82, 2.24) is 5.43 Å². The third-order valence-electron chi connectivity index (χ3n) is 2.83. The fourth-order valence-corrected chi connectivity index (χ4v) is 1.69. The molecule has 0 saturated heterocycles. The molecule has 1 heterocycles. The number of hydrazone groups is 1. The summed E-state index contributed by atoms with van der Waals surface area (Å²) in [5.41, 5.74) is 2.24. The molecule has 0 fully saturated rings. The van der Waals surface area contributed by atoms with Gasteiger partial charge >= 0.3 is 5.88 Å². The van der Waals surface area contributed by atoms with Gasteiger partial charge in [0.15, 0.2) is 0 Å². The number of phenolic OH excluding ortho intramolecular Hbond substituents is 1. The molecular formula is C15H13N3O6. The van der Waals surface area contributed by atoms with Crippen molar-refractivity contribution in [3.63, 3.8) is 0 Å². The Morgan fingerprint density at radius 2 is 2.21 bits per heavy atom. The van der Waals surface area contributed by atoms with Gasteiger partial charge in [0.25, 0.3) is 5.91 Å². The highest BCUT2D eigenvalue weighted by Crippen LogP contribution is 2.22. The van der Waals surface area contributed by atoms with E-state index < -0.39 is 10.8 Å². The Labute approximate surface area is 136 Å². The summed E-state index contributed by atoms with van der Waals surface area (Å²) in [6.45, 7) is 0. The topological polar surface area (TPSA) is 127 Å². The van der Waals surface area contributed by atoms with E-state index in [0.29, 0.717) is 5.75 Å². The van der Waals surface area contributed by atoms with Gasteiger partial charge in [0.1, 0.15) is 22.2 Å². The molecule has 2 N–H and O–H groups in total. The van der Waals surface area contributed by atoms with Crippen LogP contribution in [0, 0.1) is 10.1 Å². The number of amides is 1. The molecule has 2 aromatic rings. The maximum atomic E-state index is 11.9. The maximum absolute atomic E-state index is 11.9. The molecule has 0 aliphatic carbocycles. The predicted octanol–water partition coefficient (Wildman–Crippen LogP) is 2.33. The van der Waals surface area contributed by atoms with E-state index in [-0.39, 0.29) is 23.0 Å². The maximum Gasteiger partial charge on any atom is 0.433 e. The SMILES string of the molecule is COc1ccc(O)c(C(=O)NN=CC=Cc2ccc([N+](=O)[O-])o2)c1. The highest BCUT2D eigenvalue weighted by molar-refractivity contribution is 5.97. The number of hydrogen-bond acceptors (Lipinski definition) is 7. The number of ether oxygens (including phenoxy) is 1. The number of nitrogens with one attached hydrogen (secondary N) is 1. The second-order valence-corrected chi connectivity index (χ2v) is 4.39. The van der Waals surface area contributed by atoms with Crippen molar-refractivity contribution in [1.29, 1.82) is 0 Å². The van der Waals surface area contributed by atoms with E-state index in [4.69, 9.17) is 9.15 Å². The minimum atomic E-state index is -0.647. The van der Waals surface area contributed by atoms with Gasteiger partial charge in [-0.25, -0.2) is 5.43 Å². The zero-order valence-electron chi connectivity index (χ0n) is 12.5. The van der Waals surface area contributed by atoms with Crippen molar-refractivity contribution in [2.75, 3.05) is 7.11 Å². The number of furan rings is 1. The summed E-state index contributed by atoms with van der Waals surface area (Å²) in [5.74, 6) is -0.508. The van der Waals surface area contributed by atoms with Gasteiger partial charge in [-0.2, -0.15) is 5.10 Å². The first-order chi connectivity index (χ1) is 11.5. The van der Waals surface area contributed by atoms with Crippen LogP contribution in [0.2, 0.25) is 0 Å². The fourth-order valence-electron chi connectivity index (χ4n) is 1.69. The third kappa shape index (κ3) is 4.19. The lowest BCUT2D eigenvalue weighted by Gasteiger charge is -2.05. The molecule has 0 saturated carbocycles. The lowest BCUT2D eigenvalue weighted by atomic mass is 10.2. The number of benzene rings is 1. The van der Waals surface area contributed by atoms with Gasteiger partial charge in [0.05, 0.1) is 18.7 Å². The highest BCUT2D eigenvalue weighted by atomic mass is 16.6. The Morgan fingerprint density at radius 3 is 2.88 bits per heavy atom. The first-order valence-corrected chi connectivity index (χ1v) is 6.62. The number of nitro groups is 1. The number of allylic oxidation sites excluding steroid dienone is 1. The number of aromatic hydroxyl groups is 1. The Morgan fingerprint density at radius 1 is 1.42 bits per heavy atom. The van der Waals surface area contributed by atoms with Gasteiger partial charge in [0.2, 0.25) is 0 Å². The number of nitrogens with zero attached hydrogens (tertiary/aromatic N) is 2. The van der Waals surface area contributed by atoms with E-state index in [1.165, 1.54) is 55.8 Å². The van der Waals surface area contributed by atoms with Crippen LogP contribution in [-0.4, -0.2) is 29.3 Å². The monoisotopic (exact) mass is 331 g/mol. The van der Waals surface area contributed by atoms with Gasteiger partial charge in [-0.1, -0.05) is 0 Å². The van der Waals surface area contributed by atoms with Crippen LogP contribution >= 0.6 is 0 Å². The molecular weight excluding hydrogens is 318 g/mol. The van der Waals surface area contributed by atoms with Crippen LogP contribution in [0.5, 0.6) is 11.5 Å². The normalized spacial score (nSPS) is 11.0. The molecule has 0 bridgehead atoms. The minimum absolute atomic E-state index is 0.0112. The van der Waals surface area contributed by atoms with Crippen molar-refractivity contribution < 1.29 is 24.0 Å². The number of rotatable bonds is 6. The molecule has 1 aromatic heterocycles. The largest absolute Gasteiger partial charge is 0.507 e. The van der Waals surface area contributed by atoms with Gasteiger partial charge in [0, 0.05) is 6.21 Å². The van der Waals surface area contributed by atoms with E-state index in [2.05, 4.69) is 10.5 Å². The predicted molar refractivity (Wildman–Crippen MR) is 85.0 cm³/mol. The lowest BCUT2D eigenvalue weighted by Crippen LogP contribution is -2.17. The van der Waals surface area contributed by atoms with E-state index in [1.807, 2.05) is 0 Å². The number of hydrogen-bond donors (Lipinski definition) is 2.